The van der Waals surface area contributed by atoms with Gasteiger partial charge in [0, 0.05) is 0 Å². The number of aromatic amines is 1. The Morgan fingerprint density at radius 3 is 2.27 bits per heavy atom. The molecule has 0 aliphatic rings. The normalized spacial score (nSPS) is 13.2. The van der Waals surface area contributed by atoms with E-state index in [1.807, 2.05) is 0 Å². The lowest BCUT2D eigenvalue weighted by Gasteiger charge is -2.18. The largest absolute Gasteiger partial charge is 0.461 e. The molecule has 122 valence electrons. The number of fused-ring (bicyclic) bond motifs is 1. The zero-order valence-electron chi connectivity index (χ0n) is 9.91. The second kappa shape index (κ2) is 5.94. The first kappa shape index (κ1) is 18.0. The van der Waals surface area contributed by atoms with Crippen LogP contribution in [0.25, 0.3) is 11.0 Å². The number of hydrogen-bond donors (Lipinski definition) is 1. The molecule has 2 aromatic rings. The minimum absolute atomic E-state index is 0.132. The van der Waals surface area contributed by atoms with Crippen molar-refractivity contribution in [3.8, 4) is 5.75 Å². The second-order valence-corrected chi connectivity index (χ2v) is 7.01. The molecule has 0 fully saturated rings. The van der Waals surface area contributed by atoms with Crippen molar-refractivity contribution in [1.82, 2.24) is 9.97 Å². The number of nitrogens with zero attached hydrogens (tertiary/aromatic N) is 1. The van der Waals surface area contributed by atoms with Crippen LogP contribution < -0.4 is 4.74 Å². The molecular formula is C10H3Cl5F4N2O. The highest BCUT2D eigenvalue weighted by Gasteiger charge is 2.45. The Balaban J connectivity index is 2.58. The van der Waals surface area contributed by atoms with Gasteiger partial charge in [-0.1, -0.05) is 58.0 Å². The summed E-state index contributed by atoms with van der Waals surface area (Å²) in [6, 6.07) is 1.08. The molecule has 0 spiro atoms. The first-order valence-electron chi connectivity index (χ1n) is 5.23. The molecule has 0 bridgehead atoms. The van der Waals surface area contributed by atoms with Crippen LogP contribution >= 0.6 is 58.0 Å². The van der Waals surface area contributed by atoms with Crippen LogP contribution in [0.1, 0.15) is 5.82 Å². The number of halogens is 9. The first-order valence-corrected chi connectivity index (χ1v) is 7.12. The average molecular weight is 420 g/mol. The maximum Gasteiger partial charge on any atom is 0.461 e. The van der Waals surface area contributed by atoms with Crippen molar-refractivity contribution in [3.05, 3.63) is 21.9 Å². The number of hydrogen-bond acceptors (Lipinski definition) is 2. The standard InChI is InChI=1S/C10H3Cl5F4N2O/c11-2-1-3-5(21-8(20-3)9(13,14)15)4(12)6(2)22-10(18,19)7(16)17/h1,7H,(H,20,21). The van der Waals surface area contributed by atoms with Gasteiger partial charge in [-0.15, -0.1) is 0 Å². The highest BCUT2D eigenvalue weighted by atomic mass is 35.6. The number of alkyl halides is 7. The lowest BCUT2D eigenvalue weighted by atomic mass is 10.3. The van der Waals surface area contributed by atoms with Gasteiger partial charge in [-0.05, 0) is 6.07 Å². The molecule has 0 radical (unpaired) electrons. The lowest BCUT2D eigenvalue weighted by molar-refractivity contribution is -0.253. The zero-order chi connectivity index (χ0) is 16.9. The van der Waals surface area contributed by atoms with E-state index >= 15 is 0 Å². The summed E-state index contributed by atoms with van der Waals surface area (Å²) in [4.78, 5) is 6.37. The van der Waals surface area contributed by atoms with Crippen molar-refractivity contribution >= 4 is 69.0 Å². The fraction of sp³-hybridized carbons (Fsp3) is 0.300. The molecule has 3 nitrogen and oxygen atoms in total. The molecule has 1 N–H and O–H groups in total. The van der Waals surface area contributed by atoms with E-state index in [0.29, 0.717) is 0 Å². The Labute approximate surface area is 145 Å². The van der Waals surface area contributed by atoms with Crippen LogP contribution in [0.3, 0.4) is 0 Å². The molecule has 2 rings (SSSR count). The van der Waals surface area contributed by atoms with Crippen LogP contribution in [0.4, 0.5) is 17.6 Å². The summed E-state index contributed by atoms with van der Waals surface area (Å²) >= 11 is 28.4. The van der Waals surface area contributed by atoms with E-state index in [0.717, 1.165) is 6.07 Å². The SMILES string of the molecule is FC(F)C(F)(F)Oc1c(Cl)cc2[nH]c(C(Cl)(Cl)Cl)nc2c1Cl. The Bertz CT molecular complexity index is 715. The summed E-state index contributed by atoms with van der Waals surface area (Å²) in [5, 5.41) is -0.975. The molecule has 0 unspecified atom stereocenters. The highest BCUT2D eigenvalue weighted by Crippen LogP contribution is 2.44. The van der Waals surface area contributed by atoms with Gasteiger partial charge in [0.05, 0.1) is 10.5 Å². The smallest absolute Gasteiger partial charge is 0.425 e. The Hall–Kier alpha value is -0.340. The van der Waals surface area contributed by atoms with E-state index in [1.54, 1.807) is 0 Å². The molecule has 0 atom stereocenters. The number of H-pyrrole nitrogens is 1. The van der Waals surface area contributed by atoms with Crippen molar-refractivity contribution in [2.45, 2.75) is 16.3 Å². The van der Waals surface area contributed by atoms with Crippen LogP contribution in [-0.4, -0.2) is 22.5 Å². The fourth-order valence-corrected chi connectivity index (χ4v) is 2.32. The van der Waals surface area contributed by atoms with Gasteiger partial charge in [0.25, 0.3) is 0 Å². The molecule has 1 aromatic heterocycles. The van der Waals surface area contributed by atoms with Crippen LogP contribution in [0.15, 0.2) is 6.07 Å². The van der Waals surface area contributed by atoms with Crippen LogP contribution in [0.5, 0.6) is 5.75 Å². The number of nitrogens with one attached hydrogen (secondary N) is 1. The van der Waals surface area contributed by atoms with Gasteiger partial charge in [-0.3, -0.25) is 0 Å². The van der Waals surface area contributed by atoms with E-state index in [2.05, 4.69) is 14.7 Å². The number of ether oxygens (including phenoxy) is 1. The van der Waals surface area contributed by atoms with E-state index in [9.17, 15) is 17.6 Å². The predicted molar refractivity (Wildman–Crippen MR) is 76.9 cm³/mol. The van der Waals surface area contributed by atoms with Crippen molar-refractivity contribution in [2.75, 3.05) is 0 Å². The summed E-state index contributed by atoms with van der Waals surface area (Å²) < 4.78 is 52.4. The van der Waals surface area contributed by atoms with Crippen molar-refractivity contribution < 1.29 is 22.3 Å². The average Bonchev–Trinajstić information content (AvgIpc) is 2.78. The van der Waals surface area contributed by atoms with Crippen LogP contribution in [-0.2, 0) is 3.79 Å². The summed E-state index contributed by atoms with van der Waals surface area (Å²) in [5.41, 5.74) is 0.0106. The summed E-state index contributed by atoms with van der Waals surface area (Å²) in [6.07, 6.45) is -8.86. The topological polar surface area (TPSA) is 37.9 Å². The minimum atomic E-state index is -4.78. The number of benzene rings is 1. The molecule has 0 saturated heterocycles. The summed E-state index contributed by atoms with van der Waals surface area (Å²) in [5.74, 6) is -1.02. The predicted octanol–water partition coefficient (Wildman–Crippen LogP) is 5.93. The van der Waals surface area contributed by atoms with Gasteiger partial charge in [-0.25, -0.2) is 4.98 Å². The summed E-state index contributed by atoms with van der Waals surface area (Å²) in [7, 11) is 0. The maximum atomic E-state index is 13.0. The fourth-order valence-electron chi connectivity index (χ4n) is 1.47. The van der Waals surface area contributed by atoms with Crippen molar-refractivity contribution in [2.24, 2.45) is 0 Å². The molecule has 0 aliphatic carbocycles. The third-order valence-electron chi connectivity index (χ3n) is 2.39. The lowest BCUT2D eigenvalue weighted by Crippen LogP contribution is -2.33. The van der Waals surface area contributed by atoms with Crippen molar-refractivity contribution in [3.63, 3.8) is 0 Å². The van der Waals surface area contributed by atoms with E-state index < -0.39 is 32.1 Å². The van der Waals surface area contributed by atoms with Crippen LogP contribution in [0.2, 0.25) is 10.0 Å². The van der Waals surface area contributed by atoms with E-state index in [1.165, 1.54) is 0 Å². The Morgan fingerprint density at radius 2 is 1.77 bits per heavy atom. The van der Waals surface area contributed by atoms with Gasteiger partial charge in [0.15, 0.2) is 11.6 Å². The molecule has 22 heavy (non-hydrogen) atoms. The second-order valence-electron chi connectivity index (χ2n) is 3.95. The number of aromatic nitrogens is 2. The third-order valence-corrected chi connectivity index (χ3v) is 3.56. The number of rotatable bonds is 3. The van der Waals surface area contributed by atoms with E-state index in [4.69, 9.17) is 58.0 Å². The zero-order valence-corrected chi connectivity index (χ0v) is 13.7. The van der Waals surface area contributed by atoms with Crippen molar-refractivity contribution in [1.29, 1.82) is 0 Å². The van der Waals surface area contributed by atoms with Gasteiger partial charge >= 0.3 is 12.5 Å². The van der Waals surface area contributed by atoms with Gasteiger partial charge in [0.1, 0.15) is 10.5 Å². The quantitative estimate of drug-likeness (QED) is 0.494. The maximum absolute atomic E-state index is 13.0. The molecular weight excluding hydrogens is 417 g/mol. The Kier molecular flexibility index (Phi) is 4.86. The number of imidazole rings is 1. The van der Waals surface area contributed by atoms with Gasteiger partial charge in [-0.2, -0.15) is 17.6 Å². The van der Waals surface area contributed by atoms with E-state index in [-0.39, 0.29) is 16.9 Å². The molecule has 0 aliphatic heterocycles. The highest BCUT2D eigenvalue weighted by molar-refractivity contribution is 6.66. The van der Waals surface area contributed by atoms with Gasteiger partial charge in [0.2, 0.25) is 3.79 Å². The molecule has 1 heterocycles. The molecule has 1 aromatic carbocycles. The monoisotopic (exact) mass is 418 g/mol. The third kappa shape index (κ3) is 3.43. The Morgan fingerprint density at radius 1 is 1.18 bits per heavy atom. The first-order chi connectivity index (χ1) is 9.93. The minimum Gasteiger partial charge on any atom is -0.425 e. The molecule has 0 saturated carbocycles. The summed E-state index contributed by atoms with van der Waals surface area (Å²) in [6.45, 7) is 0. The molecule has 0 amide bonds. The molecule has 12 heteroatoms. The van der Waals surface area contributed by atoms with Gasteiger partial charge < -0.3 is 9.72 Å². The van der Waals surface area contributed by atoms with Crippen LogP contribution in [0, 0.1) is 0 Å².